The lowest BCUT2D eigenvalue weighted by Crippen LogP contribution is -2.42. The Labute approximate surface area is 157 Å². The number of methoxy groups -OCH3 is 2. The molecule has 0 unspecified atom stereocenters. The molecule has 0 aromatic heterocycles. The Morgan fingerprint density at radius 3 is 2.48 bits per heavy atom. The summed E-state index contributed by atoms with van der Waals surface area (Å²) >= 11 is 0. The third-order valence-corrected chi connectivity index (χ3v) is 5.48. The molecule has 4 rings (SSSR count). The van der Waals surface area contributed by atoms with Crippen molar-refractivity contribution in [3.05, 3.63) is 23.8 Å². The fraction of sp³-hybridized carbons (Fsp3) is 0.526. The van der Waals surface area contributed by atoms with E-state index in [9.17, 15) is 14.4 Å². The van der Waals surface area contributed by atoms with Crippen molar-refractivity contribution >= 4 is 17.8 Å². The maximum Gasteiger partial charge on any atom is 0.335 e. The Balaban J connectivity index is 1.57. The molecule has 0 bridgehead atoms. The fourth-order valence-corrected chi connectivity index (χ4v) is 3.93. The van der Waals surface area contributed by atoms with Gasteiger partial charge in [-0.1, -0.05) is 0 Å². The van der Waals surface area contributed by atoms with E-state index < -0.39 is 17.8 Å². The van der Waals surface area contributed by atoms with E-state index >= 15 is 0 Å². The smallest absolute Gasteiger partial charge is 0.335 e. The van der Waals surface area contributed by atoms with Crippen LogP contribution in [0, 0.1) is 0 Å². The highest BCUT2D eigenvalue weighted by atomic mass is 16.5. The van der Waals surface area contributed by atoms with Crippen LogP contribution in [-0.2, 0) is 9.59 Å². The first-order chi connectivity index (χ1) is 13.0. The number of ether oxygens (including phenoxy) is 2. The molecule has 1 aromatic carbocycles. The van der Waals surface area contributed by atoms with Gasteiger partial charge in [-0.2, -0.15) is 0 Å². The summed E-state index contributed by atoms with van der Waals surface area (Å²) in [5, 5.41) is 0. The Morgan fingerprint density at radius 1 is 1.04 bits per heavy atom. The highest BCUT2D eigenvalue weighted by molar-refractivity contribution is 6.44. The first-order valence-corrected chi connectivity index (χ1v) is 9.20. The topological polar surface area (TPSA) is 79.4 Å². The molecule has 0 spiro atoms. The van der Waals surface area contributed by atoms with Gasteiger partial charge in [0.25, 0.3) is 0 Å². The minimum Gasteiger partial charge on any atom is -0.497 e. The van der Waals surface area contributed by atoms with Gasteiger partial charge in [0, 0.05) is 24.2 Å². The van der Waals surface area contributed by atoms with Crippen molar-refractivity contribution in [1.82, 2.24) is 14.7 Å². The monoisotopic (exact) mass is 373 g/mol. The molecule has 3 aliphatic rings. The van der Waals surface area contributed by atoms with Gasteiger partial charge in [0.15, 0.2) is 0 Å². The van der Waals surface area contributed by atoms with E-state index in [0.29, 0.717) is 0 Å². The summed E-state index contributed by atoms with van der Waals surface area (Å²) in [4.78, 5) is 41.4. The van der Waals surface area contributed by atoms with Crippen LogP contribution in [0.2, 0.25) is 0 Å². The first-order valence-electron chi connectivity index (χ1n) is 9.20. The molecule has 2 aliphatic heterocycles. The molecule has 4 amide bonds. The standard InChI is InChI=1S/C19H23N3O5/c1-26-13-7-8-16(27-2)14(10-13)15-4-3-9-20(15)11-21-17(23)18(24)22(19(21)25)12-5-6-12/h7-8,10,12,15H,3-6,9,11H2,1-2H3/t15-/m0/s1. The normalized spacial score (nSPS) is 23.5. The second kappa shape index (κ2) is 6.84. The minimum absolute atomic E-state index is 0.0132. The number of benzene rings is 1. The number of carbonyl (C=O) groups excluding carboxylic acids is 3. The molecule has 1 aromatic rings. The van der Waals surface area contributed by atoms with Gasteiger partial charge < -0.3 is 9.47 Å². The first kappa shape index (κ1) is 17.8. The van der Waals surface area contributed by atoms with Crippen molar-refractivity contribution in [1.29, 1.82) is 0 Å². The van der Waals surface area contributed by atoms with Gasteiger partial charge in [-0.25, -0.2) is 9.69 Å². The summed E-state index contributed by atoms with van der Waals surface area (Å²) in [6, 6.07) is 5.01. The van der Waals surface area contributed by atoms with E-state index in [-0.39, 0.29) is 18.8 Å². The number of likely N-dealkylation sites (tertiary alicyclic amines) is 1. The van der Waals surface area contributed by atoms with E-state index in [1.807, 2.05) is 18.2 Å². The fourth-order valence-electron chi connectivity index (χ4n) is 3.93. The highest BCUT2D eigenvalue weighted by Crippen LogP contribution is 2.39. The van der Waals surface area contributed by atoms with Crippen molar-refractivity contribution < 1.29 is 23.9 Å². The predicted octanol–water partition coefficient (Wildman–Crippen LogP) is 1.75. The molecule has 144 valence electrons. The molecule has 2 heterocycles. The van der Waals surface area contributed by atoms with Gasteiger partial charge in [-0.05, 0) is 43.9 Å². The van der Waals surface area contributed by atoms with Crippen LogP contribution in [0.15, 0.2) is 18.2 Å². The summed E-state index contributed by atoms with van der Waals surface area (Å²) in [7, 11) is 3.22. The van der Waals surface area contributed by atoms with Crippen LogP contribution in [0.4, 0.5) is 4.79 Å². The number of urea groups is 1. The highest BCUT2D eigenvalue weighted by Gasteiger charge is 2.51. The van der Waals surface area contributed by atoms with E-state index in [0.717, 1.165) is 59.1 Å². The molecule has 3 fully saturated rings. The summed E-state index contributed by atoms with van der Waals surface area (Å²) in [6.07, 6.45) is 3.37. The number of hydrogen-bond acceptors (Lipinski definition) is 6. The third kappa shape index (κ3) is 3.03. The molecular formula is C19H23N3O5. The van der Waals surface area contributed by atoms with Crippen molar-refractivity contribution in [3.63, 3.8) is 0 Å². The van der Waals surface area contributed by atoms with Gasteiger partial charge in [0.05, 0.1) is 20.9 Å². The van der Waals surface area contributed by atoms with Crippen LogP contribution in [0.25, 0.3) is 0 Å². The number of carbonyl (C=O) groups is 3. The minimum atomic E-state index is -0.727. The molecule has 8 nitrogen and oxygen atoms in total. The molecule has 1 saturated carbocycles. The lowest BCUT2D eigenvalue weighted by atomic mass is 10.0. The average Bonchev–Trinajstić information content (AvgIpc) is 3.36. The van der Waals surface area contributed by atoms with Crippen molar-refractivity contribution in [3.8, 4) is 11.5 Å². The number of rotatable bonds is 6. The third-order valence-electron chi connectivity index (χ3n) is 5.48. The molecular weight excluding hydrogens is 350 g/mol. The van der Waals surface area contributed by atoms with Gasteiger partial charge in [0.2, 0.25) is 0 Å². The van der Waals surface area contributed by atoms with Crippen LogP contribution in [-0.4, -0.2) is 66.0 Å². The SMILES string of the molecule is COc1ccc(OC)c([C@@H]2CCCN2CN2C(=O)C(=O)N(C3CC3)C2=O)c1. The van der Waals surface area contributed by atoms with Crippen molar-refractivity contribution in [2.45, 2.75) is 37.8 Å². The zero-order valence-corrected chi connectivity index (χ0v) is 15.5. The predicted molar refractivity (Wildman–Crippen MR) is 95.2 cm³/mol. The van der Waals surface area contributed by atoms with Crippen LogP contribution < -0.4 is 9.47 Å². The summed E-state index contributed by atoms with van der Waals surface area (Å²) in [5.41, 5.74) is 0.957. The van der Waals surface area contributed by atoms with Crippen LogP contribution >= 0.6 is 0 Å². The van der Waals surface area contributed by atoms with E-state index in [1.54, 1.807) is 14.2 Å². The van der Waals surface area contributed by atoms with Crippen LogP contribution in [0.5, 0.6) is 11.5 Å². The molecule has 1 atom stereocenters. The second-order valence-electron chi connectivity index (χ2n) is 7.14. The summed E-state index contributed by atoms with van der Waals surface area (Å²) in [6.45, 7) is 0.845. The maximum atomic E-state index is 12.6. The van der Waals surface area contributed by atoms with Gasteiger partial charge >= 0.3 is 17.8 Å². The zero-order chi connectivity index (χ0) is 19.1. The number of amides is 4. The largest absolute Gasteiger partial charge is 0.497 e. The van der Waals surface area contributed by atoms with Gasteiger partial charge in [0.1, 0.15) is 11.5 Å². The van der Waals surface area contributed by atoms with E-state index in [1.165, 1.54) is 0 Å². The average molecular weight is 373 g/mol. The van der Waals surface area contributed by atoms with Crippen LogP contribution in [0.1, 0.15) is 37.3 Å². The molecule has 8 heteroatoms. The maximum absolute atomic E-state index is 12.6. The Bertz CT molecular complexity index is 792. The number of hydrogen-bond donors (Lipinski definition) is 0. The van der Waals surface area contributed by atoms with Gasteiger partial charge in [-0.15, -0.1) is 0 Å². The summed E-state index contributed by atoms with van der Waals surface area (Å²) in [5.74, 6) is 0.0379. The Morgan fingerprint density at radius 2 is 1.81 bits per heavy atom. The number of nitrogens with zero attached hydrogens (tertiary/aromatic N) is 3. The molecule has 1 aliphatic carbocycles. The van der Waals surface area contributed by atoms with E-state index in [2.05, 4.69) is 4.90 Å². The Kier molecular flexibility index (Phi) is 4.51. The molecule has 2 saturated heterocycles. The second-order valence-corrected chi connectivity index (χ2v) is 7.14. The van der Waals surface area contributed by atoms with Crippen LogP contribution in [0.3, 0.4) is 0 Å². The van der Waals surface area contributed by atoms with Crippen molar-refractivity contribution in [2.24, 2.45) is 0 Å². The quantitative estimate of drug-likeness (QED) is 0.558. The summed E-state index contributed by atoms with van der Waals surface area (Å²) < 4.78 is 10.8. The van der Waals surface area contributed by atoms with Crippen molar-refractivity contribution in [2.75, 3.05) is 27.4 Å². The number of imide groups is 2. The molecule has 0 radical (unpaired) electrons. The lowest BCUT2D eigenvalue weighted by molar-refractivity contribution is -0.144. The molecule has 27 heavy (non-hydrogen) atoms. The lowest BCUT2D eigenvalue weighted by Gasteiger charge is -2.29. The van der Waals surface area contributed by atoms with E-state index in [4.69, 9.17) is 9.47 Å². The zero-order valence-electron chi connectivity index (χ0n) is 15.5. The molecule has 0 N–H and O–H groups in total. The van der Waals surface area contributed by atoms with Gasteiger partial charge in [-0.3, -0.25) is 19.4 Å². The Hall–Kier alpha value is -2.61.